The summed E-state index contributed by atoms with van der Waals surface area (Å²) in [5.41, 5.74) is 0.562. The minimum absolute atomic E-state index is 0.0376. The summed E-state index contributed by atoms with van der Waals surface area (Å²) in [4.78, 5) is 14.9. The number of carbonyl (C=O) groups is 1. The van der Waals surface area contributed by atoms with Crippen molar-refractivity contribution < 1.29 is 9.18 Å². The van der Waals surface area contributed by atoms with E-state index in [4.69, 9.17) is 11.6 Å². The molecule has 1 aromatic carbocycles. The monoisotopic (exact) mass is 238 g/mol. The summed E-state index contributed by atoms with van der Waals surface area (Å²) in [6.07, 6.45) is 2.85. The van der Waals surface area contributed by atoms with E-state index < -0.39 is 5.82 Å². The summed E-state index contributed by atoms with van der Waals surface area (Å²) in [6, 6.07) is 4.66. The third kappa shape index (κ3) is 1.84. The highest BCUT2D eigenvalue weighted by Gasteiger charge is 2.10. The lowest BCUT2D eigenvalue weighted by atomic mass is 10.3. The van der Waals surface area contributed by atoms with Gasteiger partial charge < -0.3 is 4.57 Å². The van der Waals surface area contributed by atoms with Crippen LogP contribution in [-0.4, -0.2) is 15.3 Å². The molecule has 0 saturated heterocycles. The first-order chi connectivity index (χ1) is 7.59. The molecule has 16 heavy (non-hydrogen) atoms. The molecule has 2 aromatic rings. The van der Waals surface area contributed by atoms with Gasteiger partial charge in [0.2, 0.25) is 0 Å². The van der Waals surface area contributed by atoms with Crippen LogP contribution in [0.3, 0.4) is 0 Å². The van der Waals surface area contributed by atoms with Crippen LogP contribution in [0.15, 0.2) is 30.7 Å². The number of hydrogen-bond donors (Lipinski definition) is 0. The Morgan fingerprint density at radius 3 is 2.88 bits per heavy atom. The standard InChI is InChI=1S/C11H8ClFN2O/c1-7(16)9-5-15(6-14-9)10-4-2-3-8(12)11(10)13/h2-6H,1H3. The van der Waals surface area contributed by atoms with E-state index in [1.807, 2.05) is 0 Å². The van der Waals surface area contributed by atoms with Crippen molar-refractivity contribution in [1.29, 1.82) is 0 Å². The third-order valence-corrected chi connectivity index (χ3v) is 2.44. The molecule has 0 saturated carbocycles. The molecule has 0 spiro atoms. The molecule has 2 rings (SSSR count). The first-order valence-corrected chi connectivity index (χ1v) is 4.96. The molecule has 0 atom stereocenters. The predicted octanol–water partition coefficient (Wildman–Crippen LogP) is 2.87. The molecule has 0 N–H and O–H groups in total. The van der Waals surface area contributed by atoms with Crippen molar-refractivity contribution in [3.63, 3.8) is 0 Å². The van der Waals surface area contributed by atoms with Gasteiger partial charge in [0.25, 0.3) is 0 Å². The van der Waals surface area contributed by atoms with Crippen molar-refractivity contribution >= 4 is 17.4 Å². The number of aromatic nitrogens is 2. The quantitative estimate of drug-likeness (QED) is 0.754. The third-order valence-electron chi connectivity index (χ3n) is 2.15. The van der Waals surface area contributed by atoms with Gasteiger partial charge in [-0.25, -0.2) is 9.37 Å². The molecule has 1 aromatic heterocycles. The summed E-state index contributed by atoms with van der Waals surface area (Å²) in [6.45, 7) is 1.40. The highest BCUT2D eigenvalue weighted by molar-refractivity contribution is 6.30. The second-order valence-corrected chi connectivity index (χ2v) is 3.70. The molecule has 82 valence electrons. The van der Waals surface area contributed by atoms with Crippen molar-refractivity contribution in [2.45, 2.75) is 6.92 Å². The molecule has 0 aliphatic heterocycles. The number of halogens is 2. The molecule has 0 bridgehead atoms. The Morgan fingerprint density at radius 1 is 1.50 bits per heavy atom. The second kappa shape index (κ2) is 4.06. The van der Waals surface area contributed by atoms with Crippen LogP contribution in [0.5, 0.6) is 0 Å². The lowest BCUT2D eigenvalue weighted by Gasteiger charge is -2.04. The number of carbonyl (C=O) groups excluding carboxylic acids is 1. The normalized spacial score (nSPS) is 10.4. The maximum Gasteiger partial charge on any atom is 0.179 e. The number of rotatable bonds is 2. The maximum atomic E-state index is 13.6. The molecule has 5 heteroatoms. The first kappa shape index (κ1) is 10.8. The van der Waals surface area contributed by atoms with E-state index in [-0.39, 0.29) is 16.5 Å². The average Bonchev–Trinajstić information content (AvgIpc) is 2.71. The van der Waals surface area contributed by atoms with Gasteiger partial charge >= 0.3 is 0 Å². The van der Waals surface area contributed by atoms with Crippen molar-refractivity contribution in [3.8, 4) is 5.69 Å². The predicted molar refractivity (Wildman–Crippen MR) is 58.5 cm³/mol. The van der Waals surface area contributed by atoms with Gasteiger partial charge in [0.05, 0.1) is 10.7 Å². The van der Waals surface area contributed by atoms with E-state index >= 15 is 0 Å². The zero-order chi connectivity index (χ0) is 11.7. The van der Waals surface area contributed by atoms with E-state index in [0.29, 0.717) is 5.69 Å². The molecular formula is C11H8ClFN2O. The average molecular weight is 239 g/mol. The van der Waals surface area contributed by atoms with Crippen LogP contribution < -0.4 is 0 Å². The number of hydrogen-bond acceptors (Lipinski definition) is 2. The highest BCUT2D eigenvalue weighted by atomic mass is 35.5. The molecule has 0 aliphatic rings. The molecule has 0 amide bonds. The van der Waals surface area contributed by atoms with Crippen LogP contribution in [0.25, 0.3) is 5.69 Å². The van der Waals surface area contributed by atoms with Gasteiger partial charge in [-0.15, -0.1) is 0 Å². The van der Waals surface area contributed by atoms with Crippen LogP contribution >= 0.6 is 11.6 Å². The van der Waals surface area contributed by atoms with Crippen LogP contribution in [0, 0.1) is 5.82 Å². The summed E-state index contributed by atoms with van der Waals surface area (Å²) >= 11 is 5.66. The molecule has 1 heterocycles. The van der Waals surface area contributed by atoms with Crippen LogP contribution in [0.1, 0.15) is 17.4 Å². The van der Waals surface area contributed by atoms with Crippen molar-refractivity contribution in [2.75, 3.05) is 0 Å². The molecule has 3 nitrogen and oxygen atoms in total. The Labute approximate surface area is 96.5 Å². The molecule has 0 fully saturated rings. The SMILES string of the molecule is CC(=O)c1cn(-c2cccc(Cl)c2F)cn1. The van der Waals surface area contributed by atoms with Crippen LogP contribution in [-0.2, 0) is 0 Å². The van der Waals surface area contributed by atoms with Gasteiger partial charge in [-0.1, -0.05) is 17.7 Å². The Kier molecular flexibility index (Phi) is 2.75. The number of benzene rings is 1. The Morgan fingerprint density at radius 2 is 2.25 bits per heavy atom. The maximum absolute atomic E-state index is 13.6. The molecule has 0 aliphatic carbocycles. The van der Waals surface area contributed by atoms with Crippen LogP contribution in [0.4, 0.5) is 4.39 Å². The summed E-state index contributed by atoms with van der Waals surface area (Å²) in [5, 5.41) is 0.0376. The van der Waals surface area contributed by atoms with E-state index in [2.05, 4.69) is 4.98 Å². The van der Waals surface area contributed by atoms with Crippen molar-refractivity contribution in [3.05, 3.63) is 47.3 Å². The van der Waals surface area contributed by atoms with Crippen molar-refractivity contribution in [1.82, 2.24) is 9.55 Å². The van der Waals surface area contributed by atoms with E-state index in [0.717, 1.165) is 0 Å². The van der Waals surface area contributed by atoms with E-state index in [9.17, 15) is 9.18 Å². The fourth-order valence-electron chi connectivity index (χ4n) is 1.33. The number of ketones is 1. The van der Waals surface area contributed by atoms with Gasteiger partial charge in [-0.3, -0.25) is 4.79 Å². The largest absolute Gasteiger partial charge is 0.303 e. The number of Topliss-reactive ketones (excluding diaryl/α,β-unsaturated/α-hetero) is 1. The minimum Gasteiger partial charge on any atom is -0.303 e. The van der Waals surface area contributed by atoms with Gasteiger partial charge in [-0.05, 0) is 12.1 Å². The van der Waals surface area contributed by atoms with E-state index in [1.54, 1.807) is 12.1 Å². The summed E-state index contributed by atoms with van der Waals surface area (Å²) in [7, 11) is 0. The van der Waals surface area contributed by atoms with Gasteiger partial charge in [0.15, 0.2) is 11.6 Å². The molecular weight excluding hydrogens is 231 g/mol. The summed E-state index contributed by atoms with van der Waals surface area (Å²) < 4.78 is 15.1. The summed E-state index contributed by atoms with van der Waals surface area (Å²) in [5.74, 6) is -0.696. The number of nitrogens with zero attached hydrogens (tertiary/aromatic N) is 2. The van der Waals surface area contributed by atoms with Gasteiger partial charge in [0, 0.05) is 13.1 Å². The zero-order valence-electron chi connectivity index (χ0n) is 8.45. The second-order valence-electron chi connectivity index (χ2n) is 3.30. The fraction of sp³-hybridized carbons (Fsp3) is 0.0909. The van der Waals surface area contributed by atoms with Crippen LogP contribution in [0.2, 0.25) is 5.02 Å². The lowest BCUT2D eigenvalue weighted by Crippen LogP contribution is -1.95. The van der Waals surface area contributed by atoms with E-state index in [1.165, 1.54) is 30.1 Å². The molecule has 0 unspecified atom stereocenters. The minimum atomic E-state index is -0.531. The molecule has 0 radical (unpaired) electrons. The Hall–Kier alpha value is -1.68. The van der Waals surface area contributed by atoms with Gasteiger partial charge in [-0.2, -0.15) is 0 Å². The Bertz CT molecular complexity index is 551. The first-order valence-electron chi connectivity index (χ1n) is 4.59. The smallest absolute Gasteiger partial charge is 0.179 e. The lowest BCUT2D eigenvalue weighted by molar-refractivity contribution is 0.101. The Balaban J connectivity index is 2.50. The number of imidazole rings is 1. The van der Waals surface area contributed by atoms with Gasteiger partial charge in [0.1, 0.15) is 12.0 Å². The van der Waals surface area contributed by atoms with Crippen molar-refractivity contribution in [2.24, 2.45) is 0 Å². The fourth-order valence-corrected chi connectivity index (χ4v) is 1.50. The topological polar surface area (TPSA) is 34.9 Å². The highest BCUT2D eigenvalue weighted by Crippen LogP contribution is 2.21. The zero-order valence-corrected chi connectivity index (χ0v) is 9.20.